The Morgan fingerprint density at radius 3 is 1.14 bits per heavy atom. The fourth-order valence-corrected chi connectivity index (χ4v) is 20.0. The molecule has 41 heteroatoms. The van der Waals surface area contributed by atoms with Gasteiger partial charge in [0.25, 0.3) is 29.5 Å². The molecule has 0 spiro atoms. The summed E-state index contributed by atoms with van der Waals surface area (Å²) in [4.78, 5) is 140. The van der Waals surface area contributed by atoms with E-state index in [1.54, 1.807) is 56.5 Å². The van der Waals surface area contributed by atoms with Crippen LogP contribution in [-0.2, 0) is 0 Å². The number of carbonyl (C=O) groups excluding carboxylic acids is 5. The van der Waals surface area contributed by atoms with E-state index in [0.717, 1.165) is 166 Å². The van der Waals surface area contributed by atoms with E-state index in [1.165, 1.54) is 38.2 Å². The van der Waals surface area contributed by atoms with Crippen LogP contribution in [0.1, 0.15) is 119 Å². The van der Waals surface area contributed by atoms with Crippen LogP contribution >= 0.6 is 0 Å². The number of likely N-dealkylation sites (N-methyl/N-ethyl adjacent to an activating group) is 3. The topological polar surface area (TPSA) is 424 Å². The molecule has 2 unspecified atom stereocenters. The van der Waals surface area contributed by atoms with Gasteiger partial charge in [0.15, 0.2) is 62.5 Å². The average molecular weight is 1990 g/mol. The minimum Gasteiger partial charge on any atom is -0.387 e. The van der Waals surface area contributed by atoms with Gasteiger partial charge >= 0.3 is 0 Å². The number of rotatable bonds is 27. The highest BCUT2D eigenvalue weighted by atomic mass is 19.2. The molecule has 147 heavy (non-hydrogen) atoms. The van der Waals surface area contributed by atoms with Crippen molar-refractivity contribution in [1.82, 2.24) is 143 Å². The van der Waals surface area contributed by atoms with Crippen LogP contribution in [0.3, 0.4) is 0 Å². The molecule has 2 aliphatic heterocycles. The SMILES string of the molecule is CCN(CC)CCNC(=O)c1c(NC)c2cncnc2n2c1nc1cc(F)c(F)cc12.CCN(CC)CCNC(=O)c1c(NC)c2cncnc2n2c1nc1ccccc12.CNc1c(C(=O)N2CC(C)NC(C)C2)c2nc3ccccc3n2c2ncncc12.CNc1c(C(=O)NCCN(C)C)c2nc3ccccc3n2c2ncncc12.O=C(NCCN1CCCC1)c1c(NC2CC2)c2cnccc2n2c1nc1ccccc12. The number of hydrogen-bond acceptors (Lipinski definition) is 29. The van der Waals surface area contributed by atoms with Gasteiger partial charge in [0, 0.05) is 166 Å². The Morgan fingerprint density at radius 2 is 0.735 bits per heavy atom. The van der Waals surface area contributed by atoms with Crippen molar-refractivity contribution in [1.29, 1.82) is 0 Å². The first-order chi connectivity index (χ1) is 71.7. The lowest BCUT2D eigenvalue weighted by molar-refractivity contribution is 0.0675. The molecule has 0 radical (unpaired) electrons. The maximum Gasteiger partial charge on any atom is 0.259 e. The lowest BCUT2D eigenvalue weighted by Gasteiger charge is -2.36. The van der Waals surface area contributed by atoms with E-state index >= 15 is 0 Å². The summed E-state index contributed by atoms with van der Waals surface area (Å²) in [6, 6.07) is 36.5. The number of benzene rings is 5. The predicted molar refractivity (Wildman–Crippen MR) is 573 cm³/mol. The molecule has 5 amide bonds. The van der Waals surface area contributed by atoms with E-state index in [-0.39, 0.29) is 58.3 Å². The van der Waals surface area contributed by atoms with Crippen LogP contribution in [0.25, 0.3) is 138 Å². The Balaban J connectivity index is 0.000000116. The molecule has 1 aliphatic carbocycles. The van der Waals surface area contributed by atoms with Crippen molar-refractivity contribution in [3.8, 4) is 0 Å². The molecular formula is C106H118F2N34O5. The minimum absolute atomic E-state index is 0.0272. The van der Waals surface area contributed by atoms with Crippen LogP contribution in [0.2, 0.25) is 0 Å². The number of aromatic nitrogens is 19. The summed E-state index contributed by atoms with van der Waals surface area (Å²) in [7, 11) is 11.0. The highest BCUT2D eigenvalue weighted by Crippen LogP contribution is 2.41. The van der Waals surface area contributed by atoms with E-state index in [4.69, 9.17) is 19.9 Å². The quantitative estimate of drug-likeness (QED) is 0.0229. The number of anilines is 5. The van der Waals surface area contributed by atoms with Gasteiger partial charge in [-0.1, -0.05) is 76.2 Å². The molecule has 17 heterocycles. The first-order valence-electron chi connectivity index (χ1n) is 49.8. The van der Waals surface area contributed by atoms with Gasteiger partial charge in [-0.3, -0.25) is 51.0 Å². The average Bonchev–Trinajstić information content (AvgIpc) is 1.59. The van der Waals surface area contributed by atoms with Gasteiger partial charge in [-0.25, -0.2) is 73.6 Å². The number of nitrogens with one attached hydrogen (secondary N) is 10. The highest BCUT2D eigenvalue weighted by molar-refractivity contribution is 6.19. The third kappa shape index (κ3) is 19.6. The van der Waals surface area contributed by atoms with Gasteiger partial charge in [-0.15, -0.1) is 0 Å². The second kappa shape index (κ2) is 43.7. The van der Waals surface area contributed by atoms with Crippen molar-refractivity contribution in [2.45, 2.75) is 85.4 Å². The number of hydrogen-bond donors (Lipinski definition) is 10. The Hall–Kier alpha value is -16.4. The fraction of sp³-hybridized carbons (Fsp3) is 0.330. The standard InChI is InChI=1S/C24H26N6O.C21H23F2N7O.C21H23N7O.C21H25N7O.C19H21N7O/c31-24(26-11-14-29-12-3-4-13-29)21-22(27-16-7-8-16)17-15-25-10-9-19(17)30-20-6-2-1-5-18(20)28-23(21)30;1-4-29(5-2)7-6-26-21(31)17-18(24-3)12-10-25-11-27-19(12)30-16-9-14(23)13(22)8-15(16)28-20(17)30;1-12-9-27(10-13(2)25-12)21(29)17-18(22-3)14-8-23-11-24-19(14)28-16-7-5-4-6-15(16)26-20(17)28;1-4-27(5-2)11-10-24-21(29)17-18(22-3)14-12-23-13-25-19(14)28-16-9-7-6-8-15(16)26-20(17)28;1-20-16-12-10-21-11-23-17(12)26-14-7-5-4-6-13(14)24-18(26)15(16)19(27)22-8-9-25(2)3/h1-2,5-6,9-10,15-16,27H,3-4,7-8,11-14H2,(H,26,31);8-11,24H,4-7H2,1-3H3,(H,26,31);4-8,11-13,22,25H,9-10H2,1-3H3;6-9,12-13,22H,4-5,10-11H2,1-3H3,(H,24,29);4-7,10-11,20H,8-9H2,1-3H3,(H,22,27). The number of nitrogens with zero attached hydrogens (tertiary/aromatic N) is 24. The summed E-state index contributed by atoms with van der Waals surface area (Å²) in [5, 5.41) is 35.7. The summed E-state index contributed by atoms with van der Waals surface area (Å²) in [5.74, 6) is -2.79. The summed E-state index contributed by atoms with van der Waals surface area (Å²) >= 11 is 0. The zero-order valence-corrected chi connectivity index (χ0v) is 84.1. The molecule has 10 N–H and O–H groups in total. The first-order valence-corrected chi connectivity index (χ1v) is 49.8. The number of piperazine rings is 1. The van der Waals surface area contributed by atoms with Crippen LogP contribution in [0.5, 0.6) is 0 Å². The normalized spacial score (nSPS) is 14.4. The monoisotopic (exact) mass is 1980 g/mol. The number of carbonyl (C=O) groups is 5. The zero-order valence-electron chi connectivity index (χ0n) is 84.1. The van der Waals surface area contributed by atoms with Crippen LogP contribution < -0.4 is 53.2 Å². The second-order valence-corrected chi connectivity index (χ2v) is 36.8. The van der Waals surface area contributed by atoms with E-state index in [0.29, 0.717) is 147 Å². The number of fused-ring (bicyclic) bond motifs is 25. The van der Waals surface area contributed by atoms with Gasteiger partial charge in [0.05, 0.1) is 111 Å². The number of amides is 5. The Labute approximate surface area is 843 Å². The minimum atomic E-state index is -1.01. The van der Waals surface area contributed by atoms with Crippen LogP contribution in [-0.4, -0.2) is 311 Å². The summed E-state index contributed by atoms with van der Waals surface area (Å²) in [6.07, 6.45) is 21.1. The molecule has 3 aliphatic rings. The van der Waals surface area contributed by atoms with Crippen molar-refractivity contribution < 1.29 is 32.8 Å². The smallest absolute Gasteiger partial charge is 0.259 e. The van der Waals surface area contributed by atoms with Crippen molar-refractivity contribution in [3.05, 3.63) is 217 Å². The molecule has 2 saturated heterocycles. The number of para-hydroxylation sites is 8. The van der Waals surface area contributed by atoms with Gasteiger partial charge in [-0.05, 0) is 147 Å². The first kappa shape index (κ1) is 99.4. The molecule has 756 valence electrons. The number of pyridine rings is 6. The molecule has 20 aromatic rings. The summed E-state index contributed by atoms with van der Waals surface area (Å²) in [6.45, 7) is 25.1. The molecule has 0 bridgehead atoms. The maximum atomic E-state index is 14.0. The third-order valence-corrected chi connectivity index (χ3v) is 27.2. The zero-order chi connectivity index (χ0) is 102. The molecule has 2 atom stereocenters. The van der Waals surface area contributed by atoms with Crippen LogP contribution in [0.15, 0.2) is 178 Å². The van der Waals surface area contributed by atoms with Gasteiger partial charge in [-0.2, -0.15) is 0 Å². The molecule has 5 aromatic carbocycles. The van der Waals surface area contributed by atoms with Gasteiger partial charge < -0.3 is 77.7 Å². The highest BCUT2D eigenvalue weighted by Gasteiger charge is 2.35. The van der Waals surface area contributed by atoms with Crippen molar-refractivity contribution >= 4 is 196 Å². The molecule has 15 aromatic heterocycles. The van der Waals surface area contributed by atoms with E-state index in [9.17, 15) is 32.8 Å². The van der Waals surface area contributed by atoms with Gasteiger partial charge in [0.1, 0.15) is 53.1 Å². The van der Waals surface area contributed by atoms with E-state index in [2.05, 4.69) is 170 Å². The number of halogens is 2. The lowest BCUT2D eigenvalue weighted by Crippen LogP contribution is -2.56. The lowest BCUT2D eigenvalue weighted by atomic mass is 10.1. The molecule has 1 saturated carbocycles. The third-order valence-electron chi connectivity index (χ3n) is 27.2. The van der Waals surface area contributed by atoms with Crippen LogP contribution in [0, 0.1) is 11.6 Å². The Kier molecular flexibility index (Phi) is 29.5. The number of likely N-dealkylation sites (tertiary alicyclic amines) is 1. The van der Waals surface area contributed by atoms with Gasteiger partial charge in [0.2, 0.25) is 0 Å². The Morgan fingerprint density at radius 1 is 0.388 bits per heavy atom. The van der Waals surface area contributed by atoms with Crippen molar-refractivity contribution in [2.75, 3.05) is 174 Å². The molecular weight excluding hydrogens is 1870 g/mol. The molecule has 3 fully saturated rings. The predicted octanol–water partition coefficient (Wildman–Crippen LogP) is 12.9. The molecule has 23 rings (SSSR count). The maximum absolute atomic E-state index is 14.0. The van der Waals surface area contributed by atoms with Crippen molar-refractivity contribution in [2.24, 2.45) is 0 Å². The Bertz CT molecular complexity index is 8390. The largest absolute Gasteiger partial charge is 0.387 e. The van der Waals surface area contributed by atoms with Crippen LogP contribution in [0.4, 0.5) is 37.2 Å². The molecule has 39 nitrogen and oxygen atoms in total. The fourth-order valence-electron chi connectivity index (χ4n) is 20.0. The van der Waals surface area contributed by atoms with Crippen molar-refractivity contribution in [3.63, 3.8) is 0 Å². The van der Waals surface area contributed by atoms with E-state index < -0.39 is 11.6 Å². The summed E-state index contributed by atoms with van der Waals surface area (Å²) in [5.41, 5.74) is 19.8. The number of imidazole rings is 5. The van der Waals surface area contributed by atoms with E-state index in [1.807, 2.05) is 147 Å². The second-order valence-electron chi connectivity index (χ2n) is 36.8. The summed E-state index contributed by atoms with van der Waals surface area (Å²) < 4.78 is 37.4.